The van der Waals surface area contributed by atoms with E-state index in [1.807, 2.05) is 25.1 Å². The number of nitrogens with one attached hydrogen (secondary N) is 1. The molecule has 0 aliphatic carbocycles. The fraction of sp³-hybridized carbons (Fsp3) is 0.500. The highest BCUT2D eigenvalue weighted by molar-refractivity contribution is 5.76. The number of aromatic nitrogens is 2. The first-order valence-electron chi connectivity index (χ1n) is 8.34. The summed E-state index contributed by atoms with van der Waals surface area (Å²) in [4.78, 5) is 11.9. The molecule has 1 atom stereocenters. The molecule has 0 saturated heterocycles. The van der Waals surface area contributed by atoms with Crippen molar-refractivity contribution in [3.05, 3.63) is 47.7 Å². The average molecular weight is 331 g/mol. The average Bonchev–Trinajstić information content (AvgIpc) is 3.06. The van der Waals surface area contributed by atoms with Gasteiger partial charge in [0.15, 0.2) is 0 Å². The molecule has 6 nitrogen and oxygen atoms in total. The van der Waals surface area contributed by atoms with Crippen molar-refractivity contribution in [3.63, 3.8) is 0 Å². The van der Waals surface area contributed by atoms with Crippen LogP contribution in [-0.4, -0.2) is 35.9 Å². The third-order valence-electron chi connectivity index (χ3n) is 3.77. The van der Waals surface area contributed by atoms with Gasteiger partial charge in [-0.3, -0.25) is 4.79 Å². The predicted molar refractivity (Wildman–Crippen MR) is 90.6 cm³/mol. The molecule has 1 amide bonds. The Balaban J connectivity index is 1.74. The number of carbonyl (C=O) groups is 1. The Labute approximate surface area is 142 Å². The van der Waals surface area contributed by atoms with Gasteiger partial charge in [0, 0.05) is 26.4 Å². The number of amides is 1. The number of ether oxygens (including phenoxy) is 1. The minimum atomic E-state index is -0.0251. The van der Waals surface area contributed by atoms with Crippen LogP contribution in [0.3, 0.4) is 0 Å². The minimum absolute atomic E-state index is 0.0251. The molecule has 2 aromatic rings. The van der Waals surface area contributed by atoms with Gasteiger partial charge in [-0.25, -0.2) is 0 Å². The second-order valence-corrected chi connectivity index (χ2v) is 5.70. The molecule has 130 valence electrons. The summed E-state index contributed by atoms with van der Waals surface area (Å²) in [5.74, 6) is 1.09. The molecule has 1 aromatic heterocycles. The van der Waals surface area contributed by atoms with Gasteiger partial charge in [-0.15, -0.1) is 10.2 Å². The number of nitrogens with zero attached hydrogens (tertiary/aromatic N) is 2. The highest BCUT2D eigenvalue weighted by Gasteiger charge is 2.12. The fourth-order valence-electron chi connectivity index (χ4n) is 2.37. The smallest absolute Gasteiger partial charge is 0.220 e. The van der Waals surface area contributed by atoms with Gasteiger partial charge in [-0.05, 0) is 18.4 Å². The van der Waals surface area contributed by atoms with Crippen LogP contribution in [0.15, 0.2) is 34.7 Å². The third-order valence-corrected chi connectivity index (χ3v) is 3.77. The summed E-state index contributed by atoms with van der Waals surface area (Å²) in [5.41, 5.74) is 1.24. The van der Waals surface area contributed by atoms with Crippen LogP contribution in [0.1, 0.15) is 37.1 Å². The molecule has 1 N–H and O–H groups in total. The van der Waals surface area contributed by atoms with E-state index >= 15 is 0 Å². The van der Waals surface area contributed by atoms with E-state index in [-0.39, 0.29) is 11.9 Å². The SMILES string of the molecule is CC[C@@H](COC)NC(=O)CCc1nnc(CCc2ccccc2)o1. The zero-order valence-electron chi connectivity index (χ0n) is 14.3. The van der Waals surface area contributed by atoms with Crippen molar-refractivity contribution in [2.24, 2.45) is 0 Å². The van der Waals surface area contributed by atoms with E-state index in [4.69, 9.17) is 9.15 Å². The molecule has 0 aliphatic rings. The van der Waals surface area contributed by atoms with Gasteiger partial charge in [0.1, 0.15) is 0 Å². The monoisotopic (exact) mass is 331 g/mol. The van der Waals surface area contributed by atoms with E-state index in [2.05, 4.69) is 27.6 Å². The second-order valence-electron chi connectivity index (χ2n) is 5.70. The number of rotatable bonds is 10. The molecule has 2 rings (SSSR count). The lowest BCUT2D eigenvalue weighted by atomic mass is 10.1. The molecule has 0 spiro atoms. The van der Waals surface area contributed by atoms with E-state index in [1.165, 1.54) is 5.56 Å². The van der Waals surface area contributed by atoms with Crippen LogP contribution in [0.2, 0.25) is 0 Å². The molecule has 0 bridgehead atoms. The van der Waals surface area contributed by atoms with Gasteiger partial charge in [-0.1, -0.05) is 37.3 Å². The topological polar surface area (TPSA) is 77.2 Å². The first-order valence-corrected chi connectivity index (χ1v) is 8.34. The van der Waals surface area contributed by atoms with Crippen molar-refractivity contribution in [1.82, 2.24) is 15.5 Å². The van der Waals surface area contributed by atoms with E-state index in [1.54, 1.807) is 7.11 Å². The summed E-state index contributed by atoms with van der Waals surface area (Å²) in [6.07, 6.45) is 3.19. The van der Waals surface area contributed by atoms with E-state index in [9.17, 15) is 4.79 Å². The Morgan fingerprint density at radius 2 is 1.88 bits per heavy atom. The van der Waals surface area contributed by atoms with Crippen LogP contribution in [0, 0.1) is 0 Å². The number of hydrogen-bond donors (Lipinski definition) is 1. The van der Waals surface area contributed by atoms with E-state index < -0.39 is 0 Å². The number of carbonyl (C=O) groups excluding carboxylic acids is 1. The van der Waals surface area contributed by atoms with Crippen molar-refractivity contribution >= 4 is 5.91 Å². The number of aryl methyl sites for hydroxylation is 3. The minimum Gasteiger partial charge on any atom is -0.425 e. The Kier molecular flexibility index (Phi) is 7.42. The van der Waals surface area contributed by atoms with Crippen LogP contribution in [0.25, 0.3) is 0 Å². The zero-order valence-corrected chi connectivity index (χ0v) is 14.3. The first kappa shape index (κ1) is 18.1. The molecular weight excluding hydrogens is 306 g/mol. The van der Waals surface area contributed by atoms with Crippen LogP contribution >= 0.6 is 0 Å². The standard InChI is InChI=1S/C18H25N3O3/c1-3-15(13-23-2)19-16(22)10-12-18-21-20-17(24-18)11-9-14-7-5-4-6-8-14/h4-8,15H,3,9-13H2,1-2H3,(H,19,22)/t15-/m0/s1. The largest absolute Gasteiger partial charge is 0.425 e. The van der Waals surface area contributed by atoms with Crippen LogP contribution in [0.4, 0.5) is 0 Å². The summed E-state index contributed by atoms with van der Waals surface area (Å²) in [6.45, 7) is 2.54. The molecule has 1 heterocycles. The van der Waals surface area contributed by atoms with E-state index in [0.717, 1.165) is 12.8 Å². The van der Waals surface area contributed by atoms with Gasteiger partial charge >= 0.3 is 0 Å². The van der Waals surface area contributed by atoms with E-state index in [0.29, 0.717) is 37.7 Å². The lowest BCUT2D eigenvalue weighted by Crippen LogP contribution is -2.37. The maximum Gasteiger partial charge on any atom is 0.220 e. The van der Waals surface area contributed by atoms with Crippen molar-refractivity contribution in [3.8, 4) is 0 Å². The van der Waals surface area contributed by atoms with Gasteiger partial charge in [0.25, 0.3) is 0 Å². The Morgan fingerprint density at radius 3 is 2.54 bits per heavy atom. The zero-order chi connectivity index (χ0) is 17.2. The molecule has 0 unspecified atom stereocenters. The number of hydrogen-bond acceptors (Lipinski definition) is 5. The summed E-state index contributed by atoms with van der Waals surface area (Å²) < 4.78 is 10.7. The molecular formula is C18H25N3O3. The molecule has 24 heavy (non-hydrogen) atoms. The third kappa shape index (κ3) is 6.12. The molecule has 6 heteroatoms. The highest BCUT2D eigenvalue weighted by atomic mass is 16.5. The predicted octanol–water partition coefficient (Wildman–Crippen LogP) is 2.33. The van der Waals surface area contributed by atoms with Crippen LogP contribution in [0.5, 0.6) is 0 Å². The van der Waals surface area contributed by atoms with Crippen molar-refractivity contribution in [2.45, 2.75) is 45.1 Å². The fourth-order valence-corrected chi connectivity index (χ4v) is 2.37. The Morgan fingerprint density at radius 1 is 1.17 bits per heavy atom. The molecule has 0 fully saturated rings. The first-order chi connectivity index (χ1) is 11.7. The normalized spacial score (nSPS) is 12.1. The highest BCUT2D eigenvalue weighted by Crippen LogP contribution is 2.08. The summed E-state index contributed by atoms with van der Waals surface area (Å²) in [7, 11) is 1.63. The molecule has 0 aliphatic heterocycles. The van der Waals surface area contributed by atoms with Gasteiger partial charge < -0.3 is 14.5 Å². The lowest BCUT2D eigenvalue weighted by Gasteiger charge is -2.15. The molecule has 1 aromatic carbocycles. The van der Waals surface area contributed by atoms with Crippen LogP contribution in [-0.2, 0) is 28.8 Å². The molecule has 0 saturated carbocycles. The lowest BCUT2D eigenvalue weighted by molar-refractivity contribution is -0.122. The van der Waals surface area contributed by atoms with Crippen molar-refractivity contribution in [2.75, 3.05) is 13.7 Å². The number of benzene rings is 1. The Bertz CT molecular complexity index is 613. The molecule has 0 radical (unpaired) electrons. The van der Waals surface area contributed by atoms with Crippen molar-refractivity contribution in [1.29, 1.82) is 0 Å². The van der Waals surface area contributed by atoms with Gasteiger partial charge in [-0.2, -0.15) is 0 Å². The maximum atomic E-state index is 11.9. The Hall–Kier alpha value is -2.21. The summed E-state index contributed by atoms with van der Waals surface area (Å²) in [5, 5.41) is 11.0. The van der Waals surface area contributed by atoms with Crippen LogP contribution < -0.4 is 5.32 Å². The summed E-state index contributed by atoms with van der Waals surface area (Å²) in [6, 6.07) is 10.2. The van der Waals surface area contributed by atoms with Crippen molar-refractivity contribution < 1.29 is 13.9 Å². The second kappa shape index (κ2) is 9.82. The van der Waals surface area contributed by atoms with Gasteiger partial charge in [0.05, 0.1) is 12.6 Å². The maximum absolute atomic E-state index is 11.9. The van der Waals surface area contributed by atoms with Gasteiger partial charge in [0.2, 0.25) is 17.7 Å². The summed E-state index contributed by atoms with van der Waals surface area (Å²) >= 11 is 0. The number of methoxy groups -OCH3 is 1. The quantitative estimate of drug-likeness (QED) is 0.723.